The topological polar surface area (TPSA) is 94.5 Å². The minimum Gasteiger partial charge on any atom is -0.497 e. The van der Waals surface area contributed by atoms with Gasteiger partial charge in [-0.3, -0.25) is 9.59 Å². The van der Waals surface area contributed by atoms with Crippen LogP contribution in [-0.4, -0.2) is 35.8 Å². The zero-order valence-corrected chi connectivity index (χ0v) is 16.3. The summed E-state index contributed by atoms with van der Waals surface area (Å²) in [6.07, 6.45) is 1.47. The Balaban J connectivity index is 1.52. The van der Waals surface area contributed by atoms with Crippen LogP contribution in [0.2, 0.25) is 0 Å². The van der Waals surface area contributed by atoms with Crippen LogP contribution >= 0.6 is 0 Å². The maximum atomic E-state index is 13.2. The highest BCUT2D eigenvalue weighted by atomic mass is 19.1. The largest absolute Gasteiger partial charge is 0.497 e. The highest BCUT2D eigenvalue weighted by Gasteiger charge is 2.35. The molecule has 2 N–H and O–H groups in total. The number of hydrogen-bond donors (Lipinski definition) is 2. The molecule has 1 aliphatic rings. The van der Waals surface area contributed by atoms with Crippen LogP contribution in [0.25, 0.3) is 11.1 Å². The number of carbonyl (C=O) groups excluding carboxylic acids is 2. The first-order chi connectivity index (χ1) is 14.5. The molecule has 0 fully saturated rings. The van der Waals surface area contributed by atoms with Crippen molar-refractivity contribution in [2.75, 3.05) is 24.9 Å². The number of fused-ring (bicyclic) bond motifs is 1. The Morgan fingerprint density at radius 1 is 1.20 bits per heavy atom. The van der Waals surface area contributed by atoms with Gasteiger partial charge in [0.15, 0.2) is 0 Å². The summed E-state index contributed by atoms with van der Waals surface area (Å²) in [5.74, 6) is 0.455. The molecule has 3 aromatic rings. The summed E-state index contributed by atoms with van der Waals surface area (Å²) in [5.41, 5.74) is 1.84. The number of nitrogens with one attached hydrogen (secondary N) is 2. The number of nitrogens with zero attached hydrogens (tertiary/aromatic N) is 2. The molecule has 9 heteroatoms. The van der Waals surface area contributed by atoms with E-state index in [2.05, 4.69) is 15.7 Å². The van der Waals surface area contributed by atoms with Gasteiger partial charge in [-0.2, -0.15) is 5.10 Å². The summed E-state index contributed by atoms with van der Waals surface area (Å²) in [6, 6.07) is 10.1. The molecule has 30 heavy (non-hydrogen) atoms. The van der Waals surface area contributed by atoms with Crippen LogP contribution in [-0.2, 0) is 9.59 Å². The van der Waals surface area contributed by atoms with Gasteiger partial charge in [-0.1, -0.05) is 12.1 Å². The van der Waals surface area contributed by atoms with E-state index in [1.807, 2.05) is 0 Å². The van der Waals surface area contributed by atoms with E-state index >= 15 is 0 Å². The highest BCUT2D eigenvalue weighted by molar-refractivity contribution is 6.04. The molecule has 0 saturated heterocycles. The summed E-state index contributed by atoms with van der Waals surface area (Å²) in [6.45, 7) is 0. The summed E-state index contributed by atoms with van der Waals surface area (Å²) in [7, 11) is 3.02. The molecule has 4 rings (SSSR count). The number of aromatic nitrogens is 2. The summed E-state index contributed by atoms with van der Waals surface area (Å²) < 4.78 is 25.1. The van der Waals surface area contributed by atoms with Crippen molar-refractivity contribution < 1.29 is 23.5 Å². The third-order valence-electron chi connectivity index (χ3n) is 4.85. The summed E-state index contributed by atoms with van der Waals surface area (Å²) >= 11 is 0. The van der Waals surface area contributed by atoms with Crippen LogP contribution in [0, 0.1) is 5.82 Å². The monoisotopic (exact) mass is 410 g/mol. The van der Waals surface area contributed by atoms with Gasteiger partial charge in [0.05, 0.1) is 32.5 Å². The van der Waals surface area contributed by atoms with Gasteiger partial charge in [-0.15, -0.1) is 0 Å². The SMILES string of the molecule is COc1ccc(NC(=O)CC2C(=O)Nc3c(-c4ccc(F)cc4)cnn32)c(OC)c1. The van der Waals surface area contributed by atoms with E-state index in [0.717, 1.165) is 0 Å². The molecule has 0 saturated carbocycles. The number of hydrogen-bond acceptors (Lipinski definition) is 5. The van der Waals surface area contributed by atoms with Crippen molar-refractivity contribution in [3.8, 4) is 22.6 Å². The van der Waals surface area contributed by atoms with Crippen molar-refractivity contribution >= 4 is 23.3 Å². The number of rotatable bonds is 6. The van der Waals surface area contributed by atoms with E-state index in [-0.39, 0.29) is 24.1 Å². The fraction of sp³-hybridized carbons (Fsp3) is 0.190. The molecule has 2 aromatic carbocycles. The van der Waals surface area contributed by atoms with Crippen LogP contribution in [0.1, 0.15) is 12.5 Å². The minimum atomic E-state index is -0.793. The van der Waals surface area contributed by atoms with Gasteiger partial charge in [-0.25, -0.2) is 9.07 Å². The van der Waals surface area contributed by atoms with Crippen molar-refractivity contribution in [1.29, 1.82) is 0 Å². The molecular formula is C21H19FN4O4. The number of halogens is 1. The third-order valence-corrected chi connectivity index (χ3v) is 4.85. The van der Waals surface area contributed by atoms with Gasteiger partial charge in [0.25, 0.3) is 5.91 Å². The molecule has 0 aliphatic carbocycles. The first-order valence-corrected chi connectivity index (χ1v) is 9.16. The molecule has 8 nitrogen and oxygen atoms in total. The third kappa shape index (κ3) is 3.57. The van der Waals surface area contributed by atoms with E-state index < -0.39 is 6.04 Å². The number of carbonyl (C=O) groups is 2. The van der Waals surface area contributed by atoms with Crippen molar-refractivity contribution in [2.24, 2.45) is 0 Å². The van der Waals surface area contributed by atoms with Crippen LogP contribution in [0.15, 0.2) is 48.7 Å². The molecule has 0 spiro atoms. The number of ether oxygens (including phenoxy) is 2. The first-order valence-electron chi connectivity index (χ1n) is 9.16. The Morgan fingerprint density at radius 3 is 2.67 bits per heavy atom. The minimum absolute atomic E-state index is 0.113. The molecule has 154 valence electrons. The lowest BCUT2D eigenvalue weighted by molar-refractivity contribution is -0.123. The van der Waals surface area contributed by atoms with Crippen molar-refractivity contribution in [1.82, 2.24) is 9.78 Å². The number of benzene rings is 2. The quantitative estimate of drug-likeness (QED) is 0.651. The van der Waals surface area contributed by atoms with E-state index in [1.54, 1.807) is 36.5 Å². The Bertz CT molecular complexity index is 1110. The Morgan fingerprint density at radius 2 is 1.97 bits per heavy atom. The van der Waals surface area contributed by atoms with Gasteiger partial charge in [0, 0.05) is 11.6 Å². The van der Waals surface area contributed by atoms with Crippen molar-refractivity contribution in [2.45, 2.75) is 12.5 Å². The smallest absolute Gasteiger partial charge is 0.251 e. The molecule has 1 aromatic heterocycles. The zero-order chi connectivity index (χ0) is 21.3. The molecule has 2 amide bonds. The summed E-state index contributed by atoms with van der Waals surface area (Å²) in [5, 5.41) is 9.78. The van der Waals surface area contributed by atoms with E-state index in [9.17, 15) is 14.0 Å². The highest BCUT2D eigenvalue weighted by Crippen LogP contribution is 2.36. The van der Waals surface area contributed by atoms with Gasteiger partial charge in [-0.05, 0) is 29.8 Å². The first kappa shape index (κ1) is 19.4. The Hall–Kier alpha value is -3.88. The second-order valence-corrected chi connectivity index (χ2v) is 6.68. The van der Waals surface area contributed by atoms with Crippen molar-refractivity contribution in [3.05, 3.63) is 54.5 Å². The molecule has 1 aliphatic heterocycles. The fourth-order valence-corrected chi connectivity index (χ4v) is 3.33. The number of methoxy groups -OCH3 is 2. The molecular weight excluding hydrogens is 391 g/mol. The average molecular weight is 410 g/mol. The molecule has 0 radical (unpaired) electrons. The predicted octanol–water partition coefficient (Wildman–Crippen LogP) is 3.23. The lowest BCUT2D eigenvalue weighted by Gasteiger charge is -2.13. The second kappa shape index (κ2) is 7.86. The lowest BCUT2D eigenvalue weighted by atomic mass is 10.1. The van der Waals surface area contributed by atoms with E-state index in [1.165, 1.54) is 31.0 Å². The van der Waals surface area contributed by atoms with E-state index in [4.69, 9.17) is 9.47 Å². The molecule has 1 atom stereocenters. The van der Waals surface area contributed by atoms with Gasteiger partial charge in [0.1, 0.15) is 29.2 Å². The fourth-order valence-electron chi connectivity index (χ4n) is 3.33. The van der Waals surface area contributed by atoms with Crippen LogP contribution < -0.4 is 20.1 Å². The van der Waals surface area contributed by atoms with E-state index in [0.29, 0.717) is 34.1 Å². The molecule has 0 bridgehead atoms. The maximum Gasteiger partial charge on any atom is 0.251 e. The lowest BCUT2D eigenvalue weighted by Crippen LogP contribution is -2.23. The molecule has 2 heterocycles. The summed E-state index contributed by atoms with van der Waals surface area (Å²) in [4.78, 5) is 25.1. The van der Waals surface area contributed by atoms with Crippen LogP contribution in [0.5, 0.6) is 11.5 Å². The second-order valence-electron chi connectivity index (χ2n) is 6.68. The maximum absolute atomic E-state index is 13.2. The van der Waals surface area contributed by atoms with Crippen LogP contribution in [0.3, 0.4) is 0 Å². The standard InChI is InChI=1S/C21H19FN4O4/c1-29-14-7-8-16(18(9-14)30-2)24-19(27)10-17-21(28)25-20-15(11-23-26(17)20)12-3-5-13(22)6-4-12/h3-9,11,17H,10H2,1-2H3,(H,24,27)(H,25,28). The number of amides is 2. The Kier molecular flexibility index (Phi) is 5.09. The average Bonchev–Trinajstić information content (AvgIpc) is 3.28. The normalized spacial score (nSPS) is 14.8. The van der Waals surface area contributed by atoms with Gasteiger partial charge < -0.3 is 20.1 Å². The number of anilines is 2. The van der Waals surface area contributed by atoms with Gasteiger partial charge >= 0.3 is 0 Å². The predicted molar refractivity (Wildman–Crippen MR) is 108 cm³/mol. The zero-order valence-electron chi connectivity index (χ0n) is 16.3. The van der Waals surface area contributed by atoms with Crippen molar-refractivity contribution in [3.63, 3.8) is 0 Å². The Labute approximate surface area is 171 Å². The van der Waals surface area contributed by atoms with Gasteiger partial charge in [0.2, 0.25) is 5.91 Å². The molecule has 1 unspecified atom stereocenters. The van der Waals surface area contributed by atoms with Crippen LogP contribution in [0.4, 0.5) is 15.9 Å².